The third-order valence-electron chi connectivity index (χ3n) is 7.91. The van der Waals surface area contributed by atoms with Crippen LogP contribution in [0.4, 0.5) is 24.7 Å². The van der Waals surface area contributed by atoms with E-state index in [0.29, 0.717) is 29.3 Å². The monoisotopic (exact) mass is 483 g/mol. The van der Waals surface area contributed by atoms with Crippen molar-refractivity contribution in [2.45, 2.75) is 51.4 Å². The van der Waals surface area contributed by atoms with Crippen molar-refractivity contribution in [3.05, 3.63) is 59.3 Å². The topological polar surface area (TPSA) is 44.3 Å². The summed E-state index contributed by atoms with van der Waals surface area (Å²) < 4.78 is 40.5. The van der Waals surface area contributed by atoms with Gasteiger partial charge in [-0.05, 0) is 69.6 Å². The van der Waals surface area contributed by atoms with Crippen LogP contribution in [-0.2, 0) is 6.18 Å². The van der Waals surface area contributed by atoms with Crippen molar-refractivity contribution in [2.75, 3.05) is 37.4 Å². The van der Waals surface area contributed by atoms with E-state index in [9.17, 15) is 13.2 Å². The van der Waals surface area contributed by atoms with E-state index in [1.807, 2.05) is 6.92 Å². The van der Waals surface area contributed by atoms with Gasteiger partial charge in [-0.25, -0.2) is 0 Å². The lowest BCUT2D eigenvalue weighted by Crippen LogP contribution is -2.66. The van der Waals surface area contributed by atoms with Gasteiger partial charge in [0.05, 0.1) is 17.8 Å². The highest BCUT2D eigenvalue weighted by molar-refractivity contribution is 5.93. The predicted octanol–water partition coefficient (Wildman–Crippen LogP) is 6.05. The van der Waals surface area contributed by atoms with Crippen LogP contribution in [0.1, 0.15) is 48.9 Å². The van der Waals surface area contributed by atoms with Gasteiger partial charge < -0.3 is 15.1 Å². The number of aromatic nitrogens is 2. The standard InChI is InChI=1S/C27H32F3N5/c1-5-24(21-7-6-8-23(17(21)2)27(28,29)30)32-25-22-11-19(10-9-18(22)14-31-33-25)35-15-26(16-35)12-20(13-26)34(3)4/h6-11,14,20,24H,5,12-13,15-16H2,1-4H3,(H,32,33)/t24-/m1/s1. The first kappa shape index (κ1) is 23.9. The fourth-order valence-electron chi connectivity index (χ4n) is 5.78. The maximum Gasteiger partial charge on any atom is 0.416 e. The van der Waals surface area contributed by atoms with Gasteiger partial charge in [0.1, 0.15) is 0 Å². The van der Waals surface area contributed by atoms with E-state index in [-0.39, 0.29) is 11.6 Å². The molecule has 3 aromatic rings. The summed E-state index contributed by atoms with van der Waals surface area (Å²) in [6, 6.07) is 11.0. The van der Waals surface area contributed by atoms with E-state index in [4.69, 9.17) is 0 Å². The molecule has 5 rings (SSSR count). The Morgan fingerprint density at radius 2 is 1.91 bits per heavy atom. The quantitative estimate of drug-likeness (QED) is 0.462. The summed E-state index contributed by atoms with van der Waals surface area (Å²) in [5, 5.41) is 13.8. The number of alkyl halides is 3. The Kier molecular flexibility index (Phi) is 5.90. The molecule has 1 aliphatic heterocycles. The van der Waals surface area contributed by atoms with E-state index < -0.39 is 11.7 Å². The molecule has 1 saturated carbocycles. The highest BCUT2D eigenvalue weighted by atomic mass is 19.4. The molecule has 0 bridgehead atoms. The first-order chi connectivity index (χ1) is 16.6. The SMILES string of the molecule is CC[C@@H](Nc1nncc2ccc(N3CC4(CC(N(C)C)C4)C3)cc12)c1cccc(C(F)(F)F)c1C. The summed E-state index contributed by atoms with van der Waals surface area (Å²) in [4.78, 5) is 4.72. The van der Waals surface area contributed by atoms with Crippen LogP contribution in [0.15, 0.2) is 42.6 Å². The number of nitrogens with one attached hydrogen (secondary N) is 1. The van der Waals surface area contributed by atoms with Crippen molar-refractivity contribution < 1.29 is 13.2 Å². The molecular formula is C27H32F3N5. The number of anilines is 2. The normalized spacial score (nSPS) is 18.6. The molecule has 1 aliphatic carbocycles. The molecule has 8 heteroatoms. The van der Waals surface area contributed by atoms with Gasteiger partial charge in [0.2, 0.25) is 0 Å². The summed E-state index contributed by atoms with van der Waals surface area (Å²) in [5.74, 6) is 0.597. The lowest BCUT2D eigenvalue weighted by atomic mass is 9.60. The molecule has 0 unspecified atom stereocenters. The zero-order valence-electron chi connectivity index (χ0n) is 20.7. The lowest BCUT2D eigenvalue weighted by molar-refractivity contribution is -0.138. The predicted molar refractivity (Wildman–Crippen MR) is 134 cm³/mol. The maximum atomic E-state index is 13.5. The number of hydrogen-bond acceptors (Lipinski definition) is 5. The lowest BCUT2D eigenvalue weighted by Gasteiger charge is -2.61. The molecule has 2 aliphatic rings. The minimum Gasteiger partial charge on any atom is -0.370 e. The second-order valence-electron chi connectivity index (χ2n) is 10.5. The van der Waals surface area contributed by atoms with Crippen LogP contribution in [-0.4, -0.2) is 48.3 Å². The molecule has 5 nitrogen and oxygen atoms in total. The molecular weight excluding hydrogens is 451 g/mol. The molecule has 35 heavy (non-hydrogen) atoms. The fourth-order valence-corrected chi connectivity index (χ4v) is 5.78. The van der Waals surface area contributed by atoms with Crippen LogP contribution in [0.2, 0.25) is 0 Å². The first-order valence-corrected chi connectivity index (χ1v) is 12.2. The molecule has 1 saturated heterocycles. The van der Waals surface area contributed by atoms with E-state index in [2.05, 4.69) is 57.6 Å². The van der Waals surface area contributed by atoms with Crippen molar-refractivity contribution in [1.29, 1.82) is 0 Å². The average molecular weight is 484 g/mol. The number of rotatable bonds is 6. The summed E-state index contributed by atoms with van der Waals surface area (Å²) >= 11 is 0. The van der Waals surface area contributed by atoms with Crippen molar-refractivity contribution in [2.24, 2.45) is 5.41 Å². The van der Waals surface area contributed by atoms with Crippen molar-refractivity contribution in [3.63, 3.8) is 0 Å². The number of halogens is 3. The third kappa shape index (κ3) is 4.33. The molecule has 186 valence electrons. The molecule has 2 heterocycles. The first-order valence-electron chi connectivity index (χ1n) is 12.2. The number of benzene rings is 2. The third-order valence-corrected chi connectivity index (χ3v) is 7.91. The molecule has 1 atom stereocenters. The van der Waals surface area contributed by atoms with Gasteiger partial charge in [-0.2, -0.15) is 18.3 Å². The van der Waals surface area contributed by atoms with Gasteiger partial charge in [-0.15, -0.1) is 5.10 Å². The van der Waals surface area contributed by atoms with Gasteiger partial charge >= 0.3 is 6.18 Å². The Balaban J connectivity index is 1.39. The Bertz CT molecular complexity index is 1230. The van der Waals surface area contributed by atoms with E-state index >= 15 is 0 Å². The smallest absolute Gasteiger partial charge is 0.370 e. The van der Waals surface area contributed by atoms with E-state index in [0.717, 1.165) is 35.6 Å². The minimum atomic E-state index is -4.38. The molecule has 2 fully saturated rings. The van der Waals surface area contributed by atoms with Crippen molar-refractivity contribution in [1.82, 2.24) is 15.1 Å². The minimum absolute atomic E-state index is 0.246. The zero-order chi connectivity index (χ0) is 25.0. The van der Waals surface area contributed by atoms with Crippen LogP contribution in [0.25, 0.3) is 10.8 Å². The van der Waals surface area contributed by atoms with E-state index in [1.165, 1.54) is 25.8 Å². The largest absolute Gasteiger partial charge is 0.416 e. The van der Waals surface area contributed by atoms with Gasteiger partial charge in [0.25, 0.3) is 0 Å². The molecule has 1 N–H and O–H groups in total. The fraction of sp³-hybridized carbons (Fsp3) is 0.481. The van der Waals surface area contributed by atoms with Crippen LogP contribution in [0.5, 0.6) is 0 Å². The summed E-state index contributed by atoms with van der Waals surface area (Å²) in [5.41, 5.74) is 1.87. The summed E-state index contributed by atoms with van der Waals surface area (Å²) in [6.07, 6.45) is 0.454. The van der Waals surface area contributed by atoms with Gasteiger partial charge in [0, 0.05) is 41.0 Å². The molecule has 0 amide bonds. The van der Waals surface area contributed by atoms with Crippen LogP contribution < -0.4 is 10.2 Å². The molecule has 2 aromatic carbocycles. The Hall–Kier alpha value is -2.87. The van der Waals surface area contributed by atoms with Crippen LogP contribution in [0, 0.1) is 12.3 Å². The Labute approximate surface area is 204 Å². The molecule has 1 aromatic heterocycles. The van der Waals surface area contributed by atoms with Gasteiger partial charge in [-0.1, -0.05) is 25.1 Å². The maximum absolute atomic E-state index is 13.5. The zero-order valence-corrected chi connectivity index (χ0v) is 20.7. The van der Waals surface area contributed by atoms with Crippen LogP contribution in [0.3, 0.4) is 0 Å². The summed E-state index contributed by atoms with van der Waals surface area (Å²) in [7, 11) is 4.30. The van der Waals surface area contributed by atoms with Gasteiger partial charge in [-0.3, -0.25) is 0 Å². The average Bonchev–Trinajstić information content (AvgIpc) is 2.75. The second-order valence-corrected chi connectivity index (χ2v) is 10.5. The van der Waals surface area contributed by atoms with E-state index in [1.54, 1.807) is 12.3 Å². The number of nitrogens with zero attached hydrogens (tertiary/aromatic N) is 4. The number of fused-ring (bicyclic) bond motifs is 1. The highest BCUT2D eigenvalue weighted by Crippen LogP contribution is 2.51. The van der Waals surface area contributed by atoms with Crippen molar-refractivity contribution in [3.8, 4) is 0 Å². The number of hydrogen-bond donors (Lipinski definition) is 1. The molecule has 0 radical (unpaired) electrons. The Morgan fingerprint density at radius 1 is 1.17 bits per heavy atom. The molecule has 1 spiro atoms. The summed E-state index contributed by atoms with van der Waals surface area (Å²) in [6.45, 7) is 5.62. The second kappa shape index (κ2) is 8.66. The van der Waals surface area contributed by atoms with Crippen molar-refractivity contribution >= 4 is 22.3 Å². The van der Waals surface area contributed by atoms with Crippen LogP contribution >= 0.6 is 0 Å². The Morgan fingerprint density at radius 3 is 2.57 bits per heavy atom. The van der Waals surface area contributed by atoms with Gasteiger partial charge in [0.15, 0.2) is 5.82 Å². The highest BCUT2D eigenvalue weighted by Gasteiger charge is 2.52.